The molecule has 0 saturated heterocycles. The Morgan fingerprint density at radius 2 is 2.20 bits per heavy atom. The van der Waals surface area contributed by atoms with Crippen molar-refractivity contribution in [3.63, 3.8) is 0 Å². The fourth-order valence-corrected chi connectivity index (χ4v) is 1.75. The summed E-state index contributed by atoms with van der Waals surface area (Å²) < 4.78 is 0. The molecule has 0 aromatic carbocycles. The van der Waals surface area contributed by atoms with E-state index in [0.29, 0.717) is 10.4 Å². The van der Waals surface area contributed by atoms with Crippen LogP contribution in [0.2, 0.25) is 0 Å². The number of rotatable bonds is 1. The molecular formula is C12H7NOS. The van der Waals surface area contributed by atoms with E-state index in [4.69, 9.17) is 6.42 Å². The van der Waals surface area contributed by atoms with Crippen molar-refractivity contribution in [1.29, 1.82) is 0 Å². The van der Waals surface area contributed by atoms with E-state index in [1.54, 1.807) is 11.4 Å². The molecule has 1 aliphatic carbocycles. The van der Waals surface area contributed by atoms with Gasteiger partial charge in [-0.15, -0.1) is 17.8 Å². The number of aldehydes is 1. The summed E-state index contributed by atoms with van der Waals surface area (Å²) in [6.45, 7) is 0. The predicted octanol–water partition coefficient (Wildman–Crippen LogP) is 2.60. The van der Waals surface area contributed by atoms with E-state index in [2.05, 4.69) is 17.0 Å². The molecule has 0 amide bonds. The monoisotopic (exact) mass is 213 g/mol. The summed E-state index contributed by atoms with van der Waals surface area (Å²) in [5, 5.41) is 1.80. The molecule has 0 radical (unpaired) electrons. The summed E-state index contributed by atoms with van der Waals surface area (Å²) in [4.78, 5) is 14.7. The molecule has 0 spiro atoms. The van der Waals surface area contributed by atoms with Crippen LogP contribution in [0.15, 0.2) is 29.8 Å². The number of aromatic nitrogens is 1. The first-order valence-corrected chi connectivity index (χ1v) is 5.19. The van der Waals surface area contributed by atoms with E-state index in [1.165, 1.54) is 22.6 Å². The van der Waals surface area contributed by atoms with Crippen LogP contribution in [0.3, 0.4) is 0 Å². The third-order valence-corrected chi connectivity index (χ3v) is 2.86. The standard InChI is InChI=1S/C7H4OS.C5H3N/c1-2-6-3-4-9-7(6)5-8;1-2-5-4(1)3-6-5/h1,3-5H;1-3H. The second kappa shape index (κ2) is 4.07. The summed E-state index contributed by atoms with van der Waals surface area (Å²) in [6.07, 6.45) is 7.72. The smallest absolute Gasteiger partial charge is 0.161 e. The van der Waals surface area contributed by atoms with Crippen LogP contribution < -0.4 is 0 Å². The molecule has 15 heavy (non-hydrogen) atoms. The number of fused-ring (bicyclic) bond motifs is 1. The van der Waals surface area contributed by atoms with Crippen molar-refractivity contribution in [2.75, 3.05) is 0 Å². The Morgan fingerprint density at radius 3 is 2.47 bits per heavy atom. The first-order valence-electron chi connectivity index (χ1n) is 4.31. The molecule has 1 aliphatic heterocycles. The molecule has 0 atom stereocenters. The number of terminal acetylenes is 1. The zero-order chi connectivity index (χ0) is 10.7. The molecule has 72 valence electrons. The molecule has 0 fully saturated rings. The number of hydrogen-bond donors (Lipinski definition) is 0. The summed E-state index contributed by atoms with van der Waals surface area (Å²) in [7, 11) is 0. The van der Waals surface area contributed by atoms with Gasteiger partial charge in [-0.3, -0.25) is 9.78 Å². The van der Waals surface area contributed by atoms with E-state index in [-0.39, 0.29) is 0 Å². The van der Waals surface area contributed by atoms with Crippen molar-refractivity contribution in [2.24, 2.45) is 0 Å². The maximum absolute atomic E-state index is 10.2. The molecule has 0 N–H and O–H groups in total. The second-order valence-electron chi connectivity index (χ2n) is 2.89. The number of carbonyl (C=O) groups is 1. The third kappa shape index (κ3) is 1.80. The van der Waals surface area contributed by atoms with Gasteiger partial charge >= 0.3 is 0 Å². The lowest BCUT2D eigenvalue weighted by Crippen LogP contribution is -1.92. The Hall–Kier alpha value is -1.92. The van der Waals surface area contributed by atoms with Gasteiger partial charge in [0.2, 0.25) is 0 Å². The first kappa shape index (κ1) is 9.63. The maximum atomic E-state index is 10.2. The van der Waals surface area contributed by atoms with Crippen LogP contribution in [-0.2, 0) is 0 Å². The average molecular weight is 213 g/mol. The van der Waals surface area contributed by atoms with Gasteiger partial charge in [0.05, 0.1) is 10.6 Å². The topological polar surface area (TPSA) is 30.0 Å². The fraction of sp³-hybridized carbons (Fsp3) is 0. The van der Waals surface area contributed by atoms with E-state index < -0.39 is 0 Å². The fourth-order valence-electron chi connectivity index (χ4n) is 1.09. The van der Waals surface area contributed by atoms with Gasteiger partial charge in [-0.05, 0) is 23.6 Å². The molecule has 1 aromatic rings. The summed E-state index contributed by atoms with van der Waals surface area (Å²) in [5.41, 5.74) is 3.18. The number of hydrogen-bond acceptors (Lipinski definition) is 3. The molecule has 2 aliphatic rings. The van der Waals surface area contributed by atoms with Crippen LogP contribution in [-0.4, -0.2) is 11.3 Å². The Kier molecular flexibility index (Phi) is 2.61. The molecule has 0 unspecified atom stereocenters. The minimum atomic E-state index is 0.637. The number of carbonyl (C=O) groups excluding carboxylic acids is 1. The Balaban J connectivity index is 0.000000121. The van der Waals surface area contributed by atoms with Gasteiger partial charge in [-0.2, -0.15) is 0 Å². The van der Waals surface area contributed by atoms with Gasteiger partial charge in [0.25, 0.3) is 0 Å². The van der Waals surface area contributed by atoms with Crippen molar-refractivity contribution in [3.05, 3.63) is 40.2 Å². The molecular weight excluding hydrogens is 206 g/mol. The molecule has 2 heterocycles. The first-order chi connectivity index (χ1) is 7.35. The molecule has 3 rings (SSSR count). The lowest BCUT2D eigenvalue weighted by molar-refractivity contribution is 0.112. The molecule has 3 heteroatoms. The highest BCUT2D eigenvalue weighted by Crippen LogP contribution is 2.25. The highest BCUT2D eigenvalue weighted by Gasteiger charge is 2.06. The minimum Gasteiger partial charge on any atom is -0.297 e. The van der Waals surface area contributed by atoms with E-state index in [1.807, 2.05) is 12.3 Å². The van der Waals surface area contributed by atoms with Crippen LogP contribution in [0.25, 0.3) is 11.3 Å². The van der Waals surface area contributed by atoms with Gasteiger partial charge in [-0.25, -0.2) is 0 Å². The van der Waals surface area contributed by atoms with Crippen LogP contribution in [0.5, 0.6) is 0 Å². The van der Waals surface area contributed by atoms with Crippen molar-refractivity contribution in [2.45, 2.75) is 0 Å². The lowest BCUT2D eigenvalue weighted by atomic mass is 10.1. The van der Waals surface area contributed by atoms with Gasteiger partial charge in [0.15, 0.2) is 6.29 Å². The normalized spacial score (nSPS) is 9.53. The summed E-state index contributed by atoms with van der Waals surface area (Å²) in [5.74, 6) is 2.41. The molecule has 2 nitrogen and oxygen atoms in total. The van der Waals surface area contributed by atoms with Crippen molar-refractivity contribution in [3.8, 4) is 23.6 Å². The number of thiophene rings is 1. The SMILES string of the molecule is C#Cc1ccsc1C=O.c1cc2ncc1-2. The van der Waals surface area contributed by atoms with Gasteiger partial charge in [0.1, 0.15) is 0 Å². The van der Waals surface area contributed by atoms with Gasteiger partial charge < -0.3 is 0 Å². The summed E-state index contributed by atoms with van der Waals surface area (Å²) >= 11 is 1.36. The Morgan fingerprint density at radius 1 is 1.40 bits per heavy atom. The summed E-state index contributed by atoms with van der Waals surface area (Å²) in [6, 6.07) is 5.83. The third-order valence-electron chi connectivity index (χ3n) is 2.02. The highest BCUT2D eigenvalue weighted by atomic mass is 32.1. The minimum absolute atomic E-state index is 0.637. The molecule has 1 aromatic heterocycles. The molecule has 0 bridgehead atoms. The van der Waals surface area contributed by atoms with E-state index >= 15 is 0 Å². The van der Waals surface area contributed by atoms with Gasteiger partial charge in [0, 0.05) is 17.3 Å². The lowest BCUT2D eigenvalue weighted by Gasteiger charge is -2.08. The zero-order valence-electron chi connectivity index (χ0n) is 7.81. The van der Waals surface area contributed by atoms with Crippen molar-refractivity contribution in [1.82, 2.24) is 4.98 Å². The highest BCUT2D eigenvalue weighted by molar-refractivity contribution is 7.11. The van der Waals surface area contributed by atoms with Gasteiger partial charge in [-0.1, -0.05) is 5.92 Å². The molecule has 0 saturated carbocycles. The van der Waals surface area contributed by atoms with Crippen molar-refractivity contribution >= 4 is 17.6 Å². The Bertz CT molecular complexity index is 498. The van der Waals surface area contributed by atoms with E-state index in [9.17, 15) is 4.79 Å². The Labute approximate surface area is 91.6 Å². The maximum Gasteiger partial charge on any atom is 0.161 e. The van der Waals surface area contributed by atoms with Crippen LogP contribution in [0.1, 0.15) is 15.2 Å². The predicted molar refractivity (Wildman–Crippen MR) is 60.9 cm³/mol. The van der Waals surface area contributed by atoms with Crippen LogP contribution in [0, 0.1) is 12.3 Å². The zero-order valence-corrected chi connectivity index (χ0v) is 8.62. The quantitative estimate of drug-likeness (QED) is 0.459. The second-order valence-corrected chi connectivity index (χ2v) is 3.84. The van der Waals surface area contributed by atoms with E-state index in [0.717, 1.165) is 6.29 Å². The van der Waals surface area contributed by atoms with Crippen molar-refractivity contribution < 1.29 is 4.79 Å². The number of nitrogens with zero attached hydrogens (tertiary/aromatic N) is 1. The van der Waals surface area contributed by atoms with Crippen LogP contribution in [0.4, 0.5) is 0 Å². The van der Waals surface area contributed by atoms with Crippen LogP contribution >= 0.6 is 11.3 Å². The number of pyridine rings is 1. The largest absolute Gasteiger partial charge is 0.297 e. The average Bonchev–Trinajstić information content (AvgIpc) is 2.71.